The van der Waals surface area contributed by atoms with Crippen molar-refractivity contribution >= 4 is 11.9 Å². The lowest BCUT2D eigenvalue weighted by Gasteiger charge is -2.12. The van der Waals surface area contributed by atoms with Gasteiger partial charge in [-0.1, -0.05) is 25.1 Å². The molecule has 0 radical (unpaired) electrons. The van der Waals surface area contributed by atoms with E-state index in [2.05, 4.69) is 34.5 Å². The lowest BCUT2D eigenvalue weighted by atomic mass is 10.2. The Balaban J connectivity index is 1.66. The molecule has 0 unspecified atom stereocenters. The van der Waals surface area contributed by atoms with Gasteiger partial charge in [-0.05, 0) is 43.9 Å². The number of carbonyl (C=O) groups excluding carboxylic acids is 1. The number of anilines is 1. The SMILES string of the molecule is C/C=C(/COc1ccc(CC)cc1)Nc1nc(C2CC2)nn1C(C)=O. The summed E-state index contributed by atoms with van der Waals surface area (Å²) in [4.78, 5) is 16.3. The molecule has 1 N–H and O–H groups in total. The minimum atomic E-state index is -0.159. The highest BCUT2D eigenvalue weighted by Gasteiger charge is 2.29. The number of nitrogens with one attached hydrogen (secondary N) is 1. The molecule has 1 aromatic carbocycles. The van der Waals surface area contributed by atoms with Crippen LogP contribution in [-0.4, -0.2) is 27.3 Å². The molecule has 1 aliphatic rings. The lowest BCUT2D eigenvalue weighted by Crippen LogP contribution is -2.16. The Kier molecular flexibility index (Phi) is 5.16. The Morgan fingerprint density at radius 3 is 2.64 bits per heavy atom. The summed E-state index contributed by atoms with van der Waals surface area (Å²) in [5, 5.41) is 7.50. The van der Waals surface area contributed by atoms with Crippen LogP contribution in [0.3, 0.4) is 0 Å². The number of ether oxygens (including phenoxy) is 1. The Hall–Kier alpha value is -2.63. The van der Waals surface area contributed by atoms with E-state index in [1.54, 1.807) is 0 Å². The van der Waals surface area contributed by atoms with E-state index in [4.69, 9.17) is 4.74 Å². The Morgan fingerprint density at radius 2 is 2.08 bits per heavy atom. The van der Waals surface area contributed by atoms with Gasteiger partial charge in [-0.3, -0.25) is 4.79 Å². The van der Waals surface area contributed by atoms with Crippen molar-refractivity contribution in [2.45, 2.75) is 46.0 Å². The Labute approximate surface area is 147 Å². The molecule has 6 heteroatoms. The standard InChI is InChI=1S/C19H24N4O2/c1-4-14-6-10-17(11-7-14)25-12-16(5-2)20-19-21-18(15-8-9-15)22-23(19)13(3)24/h5-7,10-11,15H,4,8-9,12H2,1-3H3,(H,20,21,22)/b16-5-. The molecule has 0 aliphatic heterocycles. The van der Waals surface area contributed by atoms with E-state index < -0.39 is 0 Å². The molecule has 2 aromatic rings. The first kappa shape index (κ1) is 17.2. The van der Waals surface area contributed by atoms with Gasteiger partial charge < -0.3 is 10.1 Å². The highest BCUT2D eigenvalue weighted by atomic mass is 16.5. The Morgan fingerprint density at radius 1 is 1.36 bits per heavy atom. The number of hydrogen-bond acceptors (Lipinski definition) is 5. The molecule has 25 heavy (non-hydrogen) atoms. The summed E-state index contributed by atoms with van der Waals surface area (Å²) in [5.74, 6) is 2.23. The maximum Gasteiger partial charge on any atom is 0.246 e. The quantitative estimate of drug-likeness (QED) is 0.831. The summed E-state index contributed by atoms with van der Waals surface area (Å²) >= 11 is 0. The van der Waals surface area contributed by atoms with Gasteiger partial charge in [0.2, 0.25) is 11.9 Å². The van der Waals surface area contributed by atoms with Gasteiger partial charge in [0.1, 0.15) is 12.4 Å². The first-order valence-corrected chi connectivity index (χ1v) is 8.72. The van der Waals surface area contributed by atoms with E-state index >= 15 is 0 Å². The topological polar surface area (TPSA) is 69.0 Å². The van der Waals surface area contributed by atoms with E-state index in [-0.39, 0.29) is 5.91 Å². The number of aromatic nitrogens is 3. The Bertz CT molecular complexity index is 773. The van der Waals surface area contributed by atoms with E-state index in [9.17, 15) is 4.79 Å². The van der Waals surface area contributed by atoms with Crippen molar-refractivity contribution in [1.29, 1.82) is 0 Å². The van der Waals surface area contributed by atoms with Crippen molar-refractivity contribution < 1.29 is 9.53 Å². The average Bonchev–Trinajstić information content (AvgIpc) is 3.39. The van der Waals surface area contributed by atoms with Gasteiger partial charge in [-0.15, -0.1) is 5.10 Å². The third kappa shape index (κ3) is 4.26. The number of allylic oxidation sites excluding steroid dienone is 1. The third-order valence-corrected chi connectivity index (χ3v) is 4.21. The predicted molar refractivity (Wildman–Crippen MR) is 97.0 cm³/mol. The van der Waals surface area contributed by atoms with Gasteiger partial charge >= 0.3 is 0 Å². The summed E-state index contributed by atoms with van der Waals surface area (Å²) < 4.78 is 7.15. The van der Waals surface area contributed by atoms with Crippen LogP contribution in [0.1, 0.15) is 55.7 Å². The fourth-order valence-electron chi connectivity index (χ4n) is 2.46. The van der Waals surface area contributed by atoms with Gasteiger partial charge in [0.05, 0.1) is 5.70 Å². The molecule has 6 nitrogen and oxygen atoms in total. The molecule has 0 atom stereocenters. The first-order valence-electron chi connectivity index (χ1n) is 8.72. The molecule has 1 fully saturated rings. The van der Waals surface area contributed by atoms with Crippen LogP contribution in [-0.2, 0) is 6.42 Å². The smallest absolute Gasteiger partial charge is 0.246 e. The van der Waals surface area contributed by atoms with Crippen LogP contribution in [0.25, 0.3) is 0 Å². The maximum atomic E-state index is 11.8. The normalized spacial score (nSPS) is 14.4. The van der Waals surface area contributed by atoms with Gasteiger partial charge in [0, 0.05) is 12.8 Å². The zero-order chi connectivity index (χ0) is 17.8. The molecule has 1 aliphatic carbocycles. The number of carbonyl (C=O) groups is 1. The molecule has 3 rings (SSSR count). The second kappa shape index (κ2) is 7.51. The summed E-state index contributed by atoms with van der Waals surface area (Å²) in [5.41, 5.74) is 2.11. The number of hydrogen-bond donors (Lipinski definition) is 1. The summed E-state index contributed by atoms with van der Waals surface area (Å²) in [6, 6.07) is 8.06. The molecule has 1 heterocycles. The van der Waals surface area contributed by atoms with Crippen LogP contribution in [0.2, 0.25) is 0 Å². The van der Waals surface area contributed by atoms with E-state index in [1.807, 2.05) is 25.1 Å². The lowest BCUT2D eigenvalue weighted by molar-refractivity contribution is 0.0923. The maximum absolute atomic E-state index is 11.8. The van der Waals surface area contributed by atoms with Crippen LogP contribution in [0.5, 0.6) is 5.75 Å². The second-order valence-corrected chi connectivity index (χ2v) is 6.22. The van der Waals surface area contributed by atoms with Gasteiger partial charge in [0.25, 0.3) is 0 Å². The van der Waals surface area contributed by atoms with Crippen molar-refractivity contribution in [3.8, 4) is 5.75 Å². The number of aryl methyl sites for hydroxylation is 1. The monoisotopic (exact) mass is 340 g/mol. The predicted octanol–water partition coefficient (Wildman–Crippen LogP) is 3.77. The van der Waals surface area contributed by atoms with Crippen molar-refractivity contribution in [2.24, 2.45) is 0 Å². The molecule has 0 bridgehead atoms. The summed E-state index contributed by atoms with van der Waals surface area (Å²) in [6.45, 7) is 5.89. The molecule has 132 valence electrons. The minimum Gasteiger partial charge on any atom is -0.487 e. The van der Waals surface area contributed by atoms with Crippen molar-refractivity contribution in [2.75, 3.05) is 11.9 Å². The van der Waals surface area contributed by atoms with Crippen LogP contribution < -0.4 is 10.1 Å². The molecule has 0 saturated heterocycles. The second-order valence-electron chi connectivity index (χ2n) is 6.22. The average molecular weight is 340 g/mol. The summed E-state index contributed by atoms with van der Waals surface area (Å²) in [7, 11) is 0. The molecular weight excluding hydrogens is 316 g/mol. The van der Waals surface area contributed by atoms with Gasteiger partial charge in [-0.2, -0.15) is 9.67 Å². The van der Waals surface area contributed by atoms with Gasteiger partial charge in [0.15, 0.2) is 5.82 Å². The van der Waals surface area contributed by atoms with Crippen LogP contribution in [0.4, 0.5) is 5.95 Å². The largest absolute Gasteiger partial charge is 0.487 e. The first-order chi connectivity index (χ1) is 12.1. The van der Waals surface area contributed by atoms with Crippen LogP contribution >= 0.6 is 0 Å². The van der Waals surface area contributed by atoms with Crippen LogP contribution in [0.15, 0.2) is 36.0 Å². The highest BCUT2D eigenvalue weighted by molar-refractivity contribution is 5.78. The zero-order valence-corrected chi connectivity index (χ0v) is 15.0. The number of benzene rings is 1. The van der Waals surface area contributed by atoms with E-state index in [0.29, 0.717) is 18.5 Å². The van der Waals surface area contributed by atoms with Crippen LogP contribution in [0, 0.1) is 0 Å². The van der Waals surface area contributed by atoms with Crippen molar-refractivity contribution in [3.63, 3.8) is 0 Å². The van der Waals surface area contributed by atoms with E-state index in [0.717, 1.165) is 36.5 Å². The molecule has 1 aromatic heterocycles. The van der Waals surface area contributed by atoms with Gasteiger partial charge in [-0.25, -0.2) is 0 Å². The number of rotatable bonds is 7. The minimum absolute atomic E-state index is 0.159. The number of nitrogens with zero attached hydrogens (tertiary/aromatic N) is 3. The molecule has 1 saturated carbocycles. The van der Waals surface area contributed by atoms with Crippen molar-refractivity contribution in [1.82, 2.24) is 14.8 Å². The fourth-order valence-corrected chi connectivity index (χ4v) is 2.46. The van der Waals surface area contributed by atoms with Crippen molar-refractivity contribution in [3.05, 3.63) is 47.4 Å². The molecular formula is C19H24N4O2. The molecule has 0 amide bonds. The fraction of sp³-hybridized carbons (Fsp3) is 0.421. The third-order valence-electron chi connectivity index (χ3n) is 4.21. The highest BCUT2D eigenvalue weighted by Crippen LogP contribution is 2.38. The molecule has 0 spiro atoms. The summed E-state index contributed by atoms with van der Waals surface area (Å²) in [6.07, 6.45) is 5.10. The zero-order valence-electron chi connectivity index (χ0n) is 15.0. The van der Waals surface area contributed by atoms with E-state index in [1.165, 1.54) is 17.2 Å².